The third-order valence-corrected chi connectivity index (χ3v) is 8.01. The summed E-state index contributed by atoms with van der Waals surface area (Å²) in [6.45, 7) is 10.7. The number of rotatable bonds is 6. The molecule has 1 N–H and O–H groups in total. The van der Waals surface area contributed by atoms with Crippen LogP contribution in [-0.4, -0.2) is 74.1 Å². The van der Waals surface area contributed by atoms with Crippen LogP contribution in [0.4, 0.5) is 0 Å². The van der Waals surface area contributed by atoms with Gasteiger partial charge in [-0.05, 0) is 74.4 Å². The van der Waals surface area contributed by atoms with E-state index in [4.69, 9.17) is 19.6 Å². The van der Waals surface area contributed by atoms with E-state index in [1.165, 1.54) is 36.7 Å². The molecular formula is C28H35N7O2. The number of nitrogens with one attached hydrogen (secondary N) is 1. The van der Waals surface area contributed by atoms with E-state index < -0.39 is 0 Å². The molecule has 2 aliphatic heterocycles. The van der Waals surface area contributed by atoms with Crippen molar-refractivity contribution >= 4 is 5.65 Å². The Hall–Kier alpha value is -3.30. The molecule has 0 radical (unpaired) electrons. The Morgan fingerprint density at radius 3 is 2.68 bits per heavy atom. The van der Waals surface area contributed by atoms with Gasteiger partial charge in [-0.25, -0.2) is 9.50 Å². The van der Waals surface area contributed by atoms with Crippen molar-refractivity contribution in [1.82, 2.24) is 34.7 Å². The van der Waals surface area contributed by atoms with Crippen LogP contribution in [0.1, 0.15) is 61.6 Å². The highest BCUT2D eigenvalue weighted by molar-refractivity contribution is 5.75. The first kappa shape index (κ1) is 24.1. The molecule has 9 heteroatoms. The van der Waals surface area contributed by atoms with Gasteiger partial charge in [-0.3, -0.25) is 15.0 Å². The van der Waals surface area contributed by atoms with Gasteiger partial charge in [0.25, 0.3) is 0 Å². The molecule has 9 nitrogen and oxygen atoms in total. The number of nitrogens with zero attached hydrogens (tertiary/aromatic N) is 6. The van der Waals surface area contributed by atoms with Crippen LogP contribution in [0.2, 0.25) is 0 Å². The Morgan fingerprint density at radius 2 is 1.97 bits per heavy atom. The van der Waals surface area contributed by atoms with E-state index in [1.54, 1.807) is 11.6 Å². The number of H-pyrrole nitrogens is 1. The minimum atomic E-state index is 0.242. The quantitative estimate of drug-likeness (QED) is 0.413. The maximum Gasteiger partial charge on any atom is 0.197 e. The minimum Gasteiger partial charge on any atom is -0.493 e. The van der Waals surface area contributed by atoms with E-state index >= 15 is 0 Å². The Balaban J connectivity index is 1.28. The molecule has 0 amide bonds. The third-order valence-electron chi connectivity index (χ3n) is 8.01. The zero-order valence-electron chi connectivity index (χ0n) is 22.1. The van der Waals surface area contributed by atoms with Crippen molar-refractivity contribution in [3.05, 3.63) is 47.5 Å². The largest absolute Gasteiger partial charge is 0.493 e. The monoisotopic (exact) mass is 501 g/mol. The molecule has 0 aromatic carbocycles. The number of ether oxygens (including phenoxy) is 2. The number of aryl methyl sites for hydroxylation is 1. The van der Waals surface area contributed by atoms with Gasteiger partial charge < -0.3 is 9.47 Å². The van der Waals surface area contributed by atoms with Crippen molar-refractivity contribution in [3.8, 4) is 28.4 Å². The van der Waals surface area contributed by atoms with Crippen LogP contribution in [-0.2, 0) is 4.74 Å². The van der Waals surface area contributed by atoms with E-state index in [9.17, 15) is 0 Å². The maximum atomic E-state index is 5.61. The molecule has 0 bridgehead atoms. The van der Waals surface area contributed by atoms with Crippen molar-refractivity contribution in [2.75, 3.05) is 33.4 Å². The summed E-state index contributed by atoms with van der Waals surface area (Å²) in [5.74, 6) is 1.47. The number of hydrogen-bond acceptors (Lipinski definition) is 7. The maximum absolute atomic E-state index is 5.61. The van der Waals surface area contributed by atoms with Crippen LogP contribution >= 0.6 is 0 Å². The number of aromatic nitrogens is 6. The minimum absolute atomic E-state index is 0.242. The molecule has 6 heterocycles. The number of hydrogen-bond donors (Lipinski definition) is 1. The number of piperidine rings is 1. The third kappa shape index (κ3) is 4.40. The van der Waals surface area contributed by atoms with Crippen molar-refractivity contribution in [1.29, 1.82) is 0 Å². The lowest BCUT2D eigenvalue weighted by molar-refractivity contribution is 0.122. The van der Waals surface area contributed by atoms with Crippen LogP contribution in [0, 0.1) is 6.92 Å². The van der Waals surface area contributed by atoms with Crippen LogP contribution in [0.25, 0.3) is 28.3 Å². The summed E-state index contributed by atoms with van der Waals surface area (Å²) in [4.78, 5) is 11.9. The van der Waals surface area contributed by atoms with Gasteiger partial charge in [-0.1, -0.05) is 13.8 Å². The fourth-order valence-electron chi connectivity index (χ4n) is 6.02. The predicted molar refractivity (Wildman–Crippen MR) is 142 cm³/mol. The second-order valence-corrected chi connectivity index (χ2v) is 10.6. The van der Waals surface area contributed by atoms with Gasteiger partial charge in [-0.2, -0.15) is 10.2 Å². The number of likely N-dealkylation sites (tertiary alicyclic amines) is 1. The second-order valence-electron chi connectivity index (χ2n) is 10.6. The highest BCUT2D eigenvalue weighted by atomic mass is 16.5. The average molecular weight is 502 g/mol. The molecule has 6 rings (SSSR count). The second kappa shape index (κ2) is 9.87. The Bertz CT molecular complexity index is 1400. The Morgan fingerprint density at radius 1 is 1.14 bits per heavy atom. The van der Waals surface area contributed by atoms with Gasteiger partial charge in [0.05, 0.1) is 30.8 Å². The number of pyridine rings is 2. The standard InChI is InChI=1S/C28H35N7O2/c1-17(2)25-26(20-12-24(36-4)28-30-16-31-35(28)14-20)32-33-27(25)23-11-18(3)22(13-29-23)19-5-8-34(9-6-19)21-7-10-37-15-21/h11-14,16-17,19,21H,5-10,15H2,1-4H3,(H,32,33). The number of fused-ring (bicyclic) bond motifs is 1. The number of aromatic amines is 1. The average Bonchev–Trinajstić information content (AvgIpc) is 3.68. The first-order valence-electron chi connectivity index (χ1n) is 13.3. The van der Waals surface area contributed by atoms with E-state index in [1.807, 2.05) is 12.3 Å². The zero-order valence-corrected chi connectivity index (χ0v) is 22.1. The fraction of sp³-hybridized carbons (Fsp3) is 0.500. The molecule has 37 heavy (non-hydrogen) atoms. The van der Waals surface area contributed by atoms with Gasteiger partial charge in [0, 0.05) is 36.2 Å². The molecule has 0 aliphatic carbocycles. The summed E-state index contributed by atoms with van der Waals surface area (Å²) in [6, 6.07) is 4.80. The first-order chi connectivity index (χ1) is 18.0. The van der Waals surface area contributed by atoms with Gasteiger partial charge in [0.2, 0.25) is 0 Å². The fourth-order valence-corrected chi connectivity index (χ4v) is 6.02. The molecule has 0 spiro atoms. The zero-order chi connectivity index (χ0) is 25.5. The summed E-state index contributed by atoms with van der Waals surface area (Å²) in [5.41, 5.74) is 8.19. The topological polar surface area (TPSA) is 93.5 Å². The molecule has 2 saturated heterocycles. The van der Waals surface area contributed by atoms with E-state index in [2.05, 4.69) is 53.1 Å². The van der Waals surface area contributed by atoms with Crippen LogP contribution in [0.3, 0.4) is 0 Å². The van der Waals surface area contributed by atoms with Gasteiger partial charge >= 0.3 is 0 Å². The predicted octanol–water partition coefficient (Wildman–Crippen LogP) is 4.59. The molecule has 0 saturated carbocycles. The molecule has 2 aliphatic rings. The normalized spacial score (nSPS) is 19.3. The van der Waals surface area contributed by atoms with E-state index in [0.717, 1.165) is 54.5 Å². The Labute approximate surface area is 217 Å². The summed E-state index contributed by atoms with van der Waals surface area (Å²) in [6.07, 6.45) is 9.10. The summed E-state index contributed by atoms with van der Waals surface area (Å²) < 4.78 is 12.9. The van der Waals surface area contributed by atoms with Crippen molar-refractivity contribution in [2.24, 2.45) is 0 Å². The summed E-state index contributed by atoms with van der Waals surface area (Å²) in [5, 5.41) is 12.3. The lowest BCUT2D eigenvalue weighted by Crippen LogP contribution is -2.41. The van der Waals surface area contributed by atoms with Gasteiger partial charge in [0.1, 0.15) is 6.33 Å². The van der Waals surface area contributed by atoms with E-state index in [-0.39, 0.29) is 5.92 Å². The molecule has 1 atom stereocenters. The highest BCUT2D eigenvalue weighted by Crippen LogP contribution is 2.38. The van der Waals surface area contributed by atoms with Crippen LogP contribution < -0.4 is 4.74 Å². The van der Waals surface area contributed by atoms with Crippen LogP contribution in [0.15, 0.2) is 30.9 Å². The van der Waals surface area contributed by atoms with Crippen LogP contribution in [0.5, 0.6) is 5.75 Å². The van der Waals surface area contributed by atoms with Crippen molar-refractivity contribution in [2.45, 2.75) is 57.9 Å². The molecule has 4 aromatic heterocycles. The lowest BCUT2D eigenvalue weighted by Gasteiger charge is -2.35. The molecular weight excluding hydrogens is 466 g/mol. The smallest absolute Gasteiger partial charge is 0.197 e. The summed E-state index contributed by atoms with van der Waals surface area (Å²) in [7, 11) is 1.65. The van der Waals surface area contributed by atoms with Crippen molar-refractivity contribution < 1.29 is 9.47 Å². The molecule has 194 valence electrons. The van der Waals surface area contributed by atoms with Gasteiger partial charge in [0.15, 0.2) is 11.4 Å². The number of methoxy groups -OCH3 is 1. The van der Waals surface area contributed by atoms with E-state index in [0.29, 0.717) is 23.4 Å². The SMILES string of the molecule is COc1cc(-c2n[nH]c(-c3cc(C)c(C4CCN(C5CCOC5)CC4)cn3)c2C(C)C)cn2ncnc12. The molecule has 1 unspecified atom stereocenters. The molecule has 2 fully saturated rings. The Kier molecular flexibility index (Phi) is 6.42. The lowest BCUT2D eigenvalue weighted by atomic mass is 9.87. The highest BCUT2D eigenvalue weighted by Gasteiger charge is 2.29. The van der Waals surface area contributed by atoms with Crippen molar-refractivity contribution in [3.63, 3.8) is 0 Å². The summed E-state index contributed by atoms with van der Waals surface area (Å²) >= 11 is 0. The molecule has 4 aromatic rings. The van der Waals surface area contributed by atoms with Gasteiger partial charge in [-0.15, -0.1) is 0 Å². The first-order valence-corrected chi connectivity index (χ1v) is 13.3.